The first-order valence-corrected chi connectivity index (χ1v) is 13.9. The topological polar surface area (TPSA) is 103 Å². The summed E-state index contributed by atoms with van der Waals surface area (Å²) in [7, 11) is 4.66. The van der Waals surface area contributed by atoms with Crippen LogP contribution >= 0.6 is 0 Å². The number of Topliss-reactive ketones (excluding diaryl/α,β-unsaturated/α-hetero) is 1. The number of aromatic hydroxyl groups is 1. The molecule has 2 atom stereocenters. The zero-order valence-electron chi connectivity index (χ0n) is 23.5. The third-order valence-corrected chi connectivity index (χ3v) is 8.29. The Balaban J connectivity index is 1.54. The molecule has 1 fully saturated rings. The van der Waals surface area contributed by atoms with Crippen LogP contribution in [0.25, 0.3) is 0 Å². The number of benzene rings is 2. The fraction of sp³-hybridized carbons (Fsp3) is 0.438. The van der Waals surface area contributed by atoms with Gasteiger partial charge in [0.15, 0.2) is 28.8 Å². The van der Waals surface area contributed by atoms with Crippen LogP contribution in [-0.2, 0) is 14.3 Å². The summed E-state index contributed by atoms with van der Waals surface area (Å²) in [6.45, 7) is 1.86. The van der Waals surface area contributed by atoms with Gasteiger partial charge in [0, 0.05) is 29.3 Å². The van der Waals surface area contributed by atoms with Crippen molar-refractivity contribution in [3.63, 3.8) is 0 Å². The number of phenolic OH excluding ortho intramolecular Hbond substituents is 1. The fourth-order valence-electron chi connectivity index (χ4n) is 6.26. The summed E-state index contributed by atoms with van der Waals surface area (Å²) in [6.07, 6.45) is 5.68. The molecule has 0 aromatic heterocycles. The van der Waals surface area contributed by atoms with Gasteiger partial charge in [0.2, 0.25) is 0 Å². The molecule has 0 radical (unpaired) electrons. The second-order valence-electron chi connectivity index (χ2n) is 10.7. The minimum atomic E-state index is -0.638. The lowest BCUT2D eigenvalue weighted by atomic mass is 9.71. The van der Waals surface area contributed by atoms with Crippen LogP contribution in [0.5, 0.6) is 23.0 Å². The SMILES string of the molecule is COc1cc(C2C(C(=O)OC3CCCCC3)=C(C)NC3=C2C(=O)CC(c2ccc(OC)c(OC)c2)C3)ccc1O. The number of dihydropyridines is 1. The van der Waals surface area contributed by atoms with Gasteiger partial charge in [0.1, 0.15) is 6.10 Å². The minimum absolute atomic E-state index is 0.00934. The molecule has 5 rings (SSSR count). The van der Waals surface area contributed by atoms with Crippen molar-refractivity contribution >= 4 is 11.8 Å². The first-order valence-electron chi connectivity index (χ1n) is 13.9. The number of ether oxygens (including phenoxy) is 4. The number of methoxy groups -OCH3 is 3. The molecule has 2 N–H and O–H groups in total. The normalized spacial score (nSPS) is 21.4. The van der Waals surface area contributed by atoms with Crippen LogP contribution in [0.3, 0.4) is 0 Å². The van der Waals surface area contributed by atoms with E-state index >= 15 is 0 Å². The third kappa shape index (κ3) is 5.27. The molecule has 1 saturated carbocycles. The summed E-state index contributed by atoms with van der Waals surface area (Å²) in [4.78, 5) is 27.7. The maximum Gasteiger partial charge on any atom is 0.337 e. The lowest BCUT2D eigenvalue weighted by Crippen LogP contribution is -2.37. The van der Waals surface area contributed by atoms with E-state index in [4.69, 9.17) is 18.9 Å². The Hall–Kier alpha value is -3.94. The van der Waals surface area contributed by atoms with E-state index in [0.29, 0.717) is 40.3 Å². The van der Waals surface area contributed by atoms with Crippen molar-refractivity contribution in [1.82, 2.24) is 5.32 Å². The molecule has 0 amide bonds. The summed E-state index contributed by atoms with van der Waals surface area (Å²) in [5.74, 6) is 0.355. The summed E-state index contributed by atoms with van der Waals surface area (Å²) in [5, 5.41) is 13.7. The van der Waals surface area contributed by atoms with Gasteiger partial charge < -0.3 is 29.4 Å². The lowest BCUT2D eigenvalue weighted by molar-refractivity contribution is -0.146. The monoisotopic (exact) mass is 547 g/mol. The van der Waals surface area contributed by atoms with Gasteiger partial charge in [0.25, 0.3) is 0 Å². The Kier molecular flexibility index (Phi) is 8.05. The average molecular weight is 548 g/mol. The number of esters is 1. The van der Waals surface area contributed by atoms with E-state index in [2.05, 4.69) is 5.32 Å². The van der Waals surface area contributed by atoms with Crippen LogP contribution in [0, 0.1) is 0 Å². The van der Waals surface area contributed by atoms with Gasteiger partial charge in [-0.05, 0) is 80.3 Å². The number of hydrogen-bond acceptors (Lipinski definition) is 8. The fourth-order valence-corrected chi connectivity index (χ4v) is 6.26. The van der Waals surface area contributed by atoms with Crippen LogP contribution in [0.1, 0.15) is 74.8 Å². The molecule has 212 valence electrons. The molecule has 0 bridgehead atoms. The van der Waals surface area contributed by atoms with E-state index in [1.165, 1.54) is 13.2 Å². The first-order chi connectivity index (χ1) is 19.3. The summed E-state index contributed by atoms with van der Waals surface area (Å²) >= 11 is 0. The quantitative estimate of drug-likeness (QED) is 0.429. The number of ketones is 1. The van der Waals surface area contributed by atoms with Crippen molar-refractivity contribution in [1.29, 1.82) is 0 Å². The van der Waals surface area contributed by atoms with Crippen molar-refractivity contribution in [2.75, 3.05) is 21.3 Å². The van der Waals surface area contributed by atoms with Crippen molar-refractivity contribution < 1.29 is 33.6 Å². The lowest BCUT2D eigenvalue weighted by Gasteiger charge is -2.37. The molecule has 0 spiro atoms. The molecule has 0 saturated heterocycles. The standard InChI is InChI=1S/C32H37NO7/c1-18-29(32(36)40-22-8-6-5-7-9-22)30(20-10-12-24(34)27(17-20)38-3)31-23(33-18)14-21(15-25(31)35)19-11-13-26(37-2)28(16-19)39-4/h10-13,16-17,21-22,30,33-34H,5-9,14-15H2,1-4H3. The van der Waals surface area contributed by atoms with Crippen LogP contribution in [-0.4, -0.2) is 44.3 Å². The zero-order chi connectivity index (χ0) is 28.4. The average Bonchev–Trinajstić information content (AvgIpc) is 2.96. The largest absolute Gasteiger partial charge is 0.504 e. The molecule has 3 aliphatic rings. The summed E-state index contributed by atoms with van der Waals surface area (Å²) in [6, 6.07) is 10.7. The van der Waals surface area contributed by atoms with E-state index in [1.54, 1.807) is 26.4 Å². The highest BCUT2D eigenvalue weighted by Gasteiger charge is 2.42. The van der Waals surface area contributed by atoms with Gasteiger partial charge in [-0.2, -0.15) is 0 Å². The second kappa shape index (κ2) is 11.7. The maximum absolute atomic E-state index is 14.0. The van der Waals surface area contributed by atoms with Crippen molar-refractivity contribution in [2.45, 2.75) is 69.8 Å². The molecule has 2 unspecified atom stereocenters. The van der Waals surface area contributed by atoms with E-state index in [-0.39, 0.29) is 35.7 Å². The highest BCUT2D eigenvalue weighted by molar-refractivity contribution is 6.04. The maximum atomic E-state index is 14.0. The van der Waals surface area contributed by atoms with Crippen molar-refractivity contribution in [2.24, 2.45) is 0 Å². The van der Waals surface area contributed by atoms with Crippen molar-refractivity contribution in [3.05, 3.63) is 70.1 Å². The minimum Gasteiger partial charge on any atom is -0.504 e. The number of rotatable bonds is 7. The van der Waals surface area contributed by atoms with Gasteiger partial charge in [-0.1, -0.05) is 18.6 Å². The summed E-state index contributed by atoms with van der Waals surface area (Å²) in [5.41, 5.74) is 4.11. The predicted octanol–water partition coefficient (Wildman–Crippen LogP) is 5.66. The Bertz CT molecular complexity index is 1370. The number of carbonyl (C=O) groups excluding carboxylic acids is 2. The molecule has 2 aromatic rings. The van der Waals surface area contributed by atoms with Crippen LogP contribution in [0.2, 0.25) is 0 Å². The van der Waals surface area contributed by atoms with E-state index in [9.17, 15) is 14.7 Å². The second-order valence-corrected chi connectivity index (χ2v) is 10.7. The number of phenols is 1. The van der Waals surface area contributed by atoms with Gasteiger partial charge in [-0.25, -0.2) is 4.79 Å². The molecular formula is C32H37NO7. The molecule has 1 aliphatic heterocycles. The Labute approximate surface area is 235 Å². The number of carbonyl (C=O) groups is 2. The highest BCUT2D eigenvalue weighted by atomic mass is 16.5. The summed E-state index contributed by atoms with van der Waals surface area (Å²) < 4.78 is 22.3. The van der Waals surface area contributed by atoms with E-state index < -0.39 is 11.9 Å². The van der Waals surface area contributed by atoms with Crippen LogP contribution in [0.4, 0.5) is 0 Å². The van der Waals surface area contributed by atoms with Gasteiger partial charge >= 0.3 is 5.97 Å². The highest BCUT2D eigenvalue weighted by Crippen LogP contribution is 2.47. The zero-order valence-corrected chi connectivity index (χ0v) is 23.5. The number of nitrogens with one attached hydrogen (secondary N) is 1. The van der Waals surface area contributed by atoms with E-state index in [1.807, 2.05) is 25.1 Å². The number of allylic oxidation sites excluding steroid dienone is 3. The Morgan fingerprint density at radius 2 is 1.55 bits per heavy atom. The first kappa shape index (κ1) is 27.6. The predicted molar refractivity (Wildman–Crippen MR) is 150 cm³/mol. The number of hydrogen-bond donors (Lipinski definition) is 2. The molecular weight excluding hydrogens is 510 g/mol. The van der Waals surface area contributed by atoms with Gasteiger partial charge in [0.05, 0.1) is 26.9 Å². The molecule has 1 heterocycles. The molecule has 2 aromatic carbocycles. The van der Waals surface area contributed by atoms with Crippen molar-refractivity contribution in [3.8, 4) is 23.0 Å². The van der Waals surface area contributed by atoms with Gasteiger partial charge in [-0.3, -0.25) is 4.79 Å². The molecule has 2 aliphatic carbocycles. The third-order valence-electron chi connectivity index (χ3n) is 8.29. The Morgan fingerprint density at radius 3 is 2.25 bits per heavy atom. The molecule has 40 heavy (non-hydrogen) atoms. The van der Waals surface area contributed by atoms with Gasteiger partial charge in [-0.15, -0.1) is 0 Å². The smallest absolute Gasteiger partial charge is 0.337 e. The molecule has 8 nitrogen and oxygen atoms in total. The van der Waals surface area contributed by atoms with E-state index in [0.717, 1.165) is 43.4 Å². The Morgan fingerprint density at radius 1 is 0.875 bits per heavy atom. The van der Waals surface area contributed by atoms with Crippen LogP contribution < -0.4 is 19.5 Å². The molecule has 8 heteroatoms. The van der Waals surface area contributed by atoms with Crippen LogP contribution in [0.15, 0.2) is 58.9 Å².